The van der Waals surface area contributed by atoms with E-state index in [1.54, 1.807) is 6.07 Å². The highest BCUT2D eigenvalue weighted by Crippen LogP contribution is 2.14. The number of aryl methyl sites for hydroxylation is 1. The molecule has 2 heterocycles. The molecule has 1 aliphatic heterocycles. The first-order valence-electron chi connectivity index (χ1n) is 7.09. The van der Waals surface area contributed by atoms with Crippen LogP contribution in [0.4, 0.5) is 5.82 Å². The normalized spacial score (nSPS) is 15.8. The number of nitrogens with two attached hydrogens (primary N) is 1. The molecule has 1 saturated heterocycles. The van der Waals surface area contributed by atoms with Gasteiger partial charge in [0.15, 0.2) is 0 Å². The van der Waals surface area contributed by atoms with Gasteiger partial charge in [0.1, 0.15) is 5.82 Å². The summed E-state index contributed by atoms with van der Waals surface area (Å²) >= 11 is 0. The van der Waals surface area contributed by atoms with Gasteiger partial charge >= 0.3 is 0 Å². The van der Waals surface area contributed by atoms with E-state index in [9.17, 15) is 4.79 Å². The number of rotatable bonds is 4. The van der Waals surface area contributed by atoms with E-state index in [4.69, 9.17) is 10.6 Å². The second kappa shape index (κ2) is 7.21. The Morgan fingerprint density at radius 3 is 3.05 bits per heavy atom. The lowest BCUT2D eigenvalue weighted by atomic mass is 10.1. The molecule has 110 valence electrons. The lowest BCUT2D eigenvalue weighted by Crippen LogP contribution is -2.33. The number of carbonyl (C=O) groups excluding carboxylic acids is 1. The van der Waals surface area contributed by atoms with Crippen molar-refractivity contribution in [3.05, 3.63) is 23.4 Å². The lowest BCUT2D eigenvalue weighted by molar-refractivity contribution is 0.0741. The van der Waals surface area contributed by atoms with Crippen LogP contribution in [0.1, 0.15) is 35.8 Å². The highest BCUT2D eigenvalue weighted by molar-refractivity contribution is 5.95. The van der Waals surface area contributed by atoms with Crippen LogP contribution in [0.15, 0.2) is 12.1 Å². The highest BCUT2D eigenvalue weighted by Gasteiger charge is 2.18. The number of hydrazine groups is 1. The summed E-state index contributed by atoms with van der Waals surface area (Å²) in [7, 11) is 0. The van der Waals surface area contributed by atoms with Gasteiger partial charge in [0.25, 0.3) is 5.91 Å². The van der Waals surface area contributed by atoms with Crippen molar-refractivity contribution in [2.45, 2.75) is 26.2 Å². The number of nitrogens with zero attached hydrogens (tertiary/aromatic N) is 2. The van der Waals surface area contributed by atoms with Gasteiger partial charge in [0.05, 0.1) is 6.61 Å². The average Bonchev–Trinajstić information content (AvgIpc) is 2.75. The van der Waals surface area contributed by atoms with Gasteiger partial charge < -0.3 is 15.1 Å². The molecule has 2 rings (SSSR count). The lowest BCUT2D eigenvalue weighted by Gasteiger charge is -2.20. The zero-order chi connectivity index (χ0) is 14.4. The molecule has 0 spiro atoms. The maximum atomic E-state index is 12.6. The predicted molar refractivity (Wildman–Crippen MR) is 77.4 cm³/mol. The van der Waals surface area contributed by atoms with Crippen LogP contribution < -0.4 is 11.3 Å². The van der Waals surface area contributed by atoms with Gasteiger partial charge in [-0.1, -0.05) is 13.3 Å². The van der Waals surface area contributed by atoms with Gasteiger partial charge in [-0.05, 0) is 25.0 Å². The van der Waals surface area contributed by atoms with E-state index in [-0.39, 0.29) is 5.91 Å². The molecule has 1 aromatic rings. The summed E-state index contributed by atoms with van der Waals surface area (Å²) in [5.41, 5.74) is 4.05. The molecule has 0 radical (unpaired) electrons. The molecule has 0 saturated carbocycles. The molecule has 20 heavy (non-hydrogen) atoms. The van der Waals surface area contributed by atoms with Crippen LogP contribution in [-0.4, -0.2) is 42.1 Å². The maximum absolute atomic E-state index is 12.6. The zero-order valence-corrected chi connectivity index (χ0v) is 11.9. The molecule has 6 nitrogen and oxygen atoms in total. The number of aromatic nitrogens is 1. The van der Waals surface area contributed by atoms with Crippen molar-refractivity contribution in [1.29, 1.82) is 0 Å². The third kappa shape index (κ3) is 3.68. The minimum Gasteiger partial charge on any atom is -0.380 e. The number of nitrogen functional groups attached to an aromatic ring is 1. The summed E-state index contributed by atoms with van der Waals surface area (Å²) in [4.78, 5) is 18.7. The molecule has 3 N–H and O–H groups in total. The van der Waals surface area contributed by atoms with E-state index in [1.807, 2.05) is 11.0 Å². The van der Waals surface area contributed by atoms with E-state index < -0.39 is 0 Å². The Labute approximate surface area is 119 Å². The number of hydrogen-bond acceptors (Lipinski definition) is 5. The van der Waals surface area contributed by atoms with E-state index in [0.29, 0.717) is 24.5 Å². The third-order valence-corrected chi connectivity index (χ3v) is 3.29. The quantitative estimate of drug-likeness (QED) is 0.638. The smallest absolute Gasteiger partial charge is 0.254 e. The van der Waals surface area contributed by atoms with Crippen molar-refractivity contribution in [3.63, 3.8) is 0 Å². The van der Waals surface area contributed by atoms with E-state index in [0.717, 1.165) is 38.1 Å². The van der Waals surface area contributed by atoms with Crippen LogP contribution in [0.5, 0.6) is 0 Å². The van der Waals surface area contributed by atoms with Crippen molar-refractivity contribution in [2.24, 2.45) is 5.84 Å². The Hall–Kier alpha value is -1.66. The van der Waals surface area contributed by atoms with Crippen LogP contribution in [0.25, 0.3) is 0 Å². The van der Waals surface area contributed by atoms with Crippen LogP contribution in [-0.2, 0) is 11.2 Å². The largest absolute Gasteiger partial charge is 0.380 e. The number of pyridine rings is 1. The summed E-state index contributed by atoms with van der Waals surface area (Å²) in [6.45, 7) is 4.76. The van der Waals surface area contributed by atoms with Crippen LogP contribution in [0, 0.1) is 0 Å². The minimum atomic E-state index is 0.0201. The molecule has 1 aromatic heterocycles. The van der Waals surface area contributed by atoms with Gasteiger partial charge in [-0.2, -0.15) is 0 Å². The monoisotopic (exact) mass is 278 g/mol. The molecule has 0 bridgehead atoms. The number of ether oxygens (including phenoxy) is 1. The number of carbonyl (C=O) groups is 1. The Balaban J connectivity index is 2.20. The summed E-state index contributed by atoms with van der Waals surface area (Å²) in [5.74, 6) is 5.98. The molecular formula is C14H22N4O2. The third-order valence-electron chi connectivity index (χ3n) is 3.29. The number of anilines is 1. The molecule has 1 fully saturated rings. The first kappa shape index (κ1) is 14.7. The summed E-state index contributed by atoms with van der Waals surface area (Å²) in [5, 5.41) is 0. The van der Waals surface area contributed by atoms with Crippen molar-refractivity contribution in [2.75, 3.05) is 31.7 Å². The Kier molecular flexibility index (Phi) is 5.31. The fourth-order valence-corrected chi connectivity index (χ4v) is 2.30. The van der Waals surface area contributed by atoms with Gasteiger partial charge in [0.2, 0.25) is 0 Å². The average molecular weight is 278 g/mol. The van der Waals surface area contributed by atoms with Crippen molar-refractivity contribution >= 4 is 11.7 Å². The van der Waals surface area contributed by atoms with Gasteiger partial charge in [0, 0.05) is 31.0 Å². The second-order valence-electron chi connectivity index (χ2n) is 4.88. The van der Waals surface area contributed by atoms with Crippen molar-refractivity contribution < 1.29 is 9.53 Å². The standard InChI is InChI=1S/C14H22N4O2/c1-2-4-12-9-11(10-13(16-12)17-15)14(19)18-5-3-7-20-8-6-18/h9-10H,2-8,15H2,1H3,(H,16,17). The van der Waals surface area contributed by atoms with E-state index in [1.165, 1.54) is 0 Å². The second-order valence-corrected chi connectivity index (χ2v) is 4.88. The number of nitrogens with one attached hydrogen (secondary N) is 1. The van der Waals surface area contributed by atoms with Gasteiger partial charge in [-0.3, -0.25) is 4.79 Å². The first-order valence-corrected chi connectivity index (χ1v) is 7.09. The van der Waals surface area contributed by atoms with Crippen LogP contribution in [0.3, 0.4) is 0 Å². The molecule has 0 aromatic carbocycles. The molecule has 6 heteroatoms. The SMILES string of the molecule is CCCc1cc(C(=O)N2CCCOCC2)cc(NN)n1. The maximum Gasteiger partial charge on any atom is 0.254 e. The highest BCUT2D eigenvalue weighted by atomic mass is 16.5. The topological polar surface area (TPSA) is 80.5 Å². The fourth-order valence-electron chi connectivity index (χ4n) is 2.30. The minimum absolute atomic E-state index is 0.0201. The van der Waals surface area contributed by atoms with Crippen molar-refractivity contribution in [1.82, 2.24) is 9.88 Å². The summed E-state index contributed by atoms with van der Waals surface area (Å²) in [6.07, 6.45) is 2.69. The number of amides is 1. The van der Waals surface area contributed by atoms with Crippen molar-refractivity contribution in [3.8, 4) is 0 Å². The van der Waals surface area contributed by atoms with E-state index in [2.05, 4.69) is 17.3 Å². The molecular weight excluding hydrogens is 256 g/mol. The predicted octanol–water partition coefficient (Wildman–Crippen LogP) is 1.18. The van der Waals surface area contributed by atoms with Crippen LogP contribution >= 0.6 is 0 Å². The zero-order valence-electron chi connectivity index (χ0n) is 11.9. The Bertz CT molecular complexity index is 456. The molecule has 0 atom stereocenters. The molecule has 1 aliphatic rings. The summed E-state index contributed by atoms with van der Waals surface area (Å²) < 4.78 is 5.38. The van der Waals surface area contributed by atoms with E-state index >= 15 is 0 Å². The Morgan fingerprint density at radius 2 is 2.30 bits per heavy atom. The van der Waals surface area contributed by atoms with Gasteiger partial charge in [-0.25, -0.2) is 10.8 Å². The van der Waals surface area contributed by atoms with Crippen LogP contribution in [0.2, 0.25) is 0 Å². The van der Waals surface area contributed by atoms with Gasteiger partial charge in [-0.15, -0.1) is 0 Å². The fraction of sp³-hybridized carbons (Fsp3) is 0.571. The Morgan fingerprint density at radius 1 is 1.45 bits per heavy atom. The molecule has 0 unspecified atom stereocenters. The summed E-state index contributed by atoms with van der Waals surface area (Å²) in [6, 6.07) is 3.56. The first-order chi connectivity index (χ1) is 9.74. The molecule has 0 aliphatic carbocycles. The molecule has 1 amide bonds. The number of hydrogen-bond donors (Lipinski definition) is 2.